The van der Waals surface area contributed by atoms with E-state index in [1.807, 2.05) is 0 Å². The van der Waals surface area contributed by atoms with Crippen molar-refractivity contribution >= 4 is 0 Å². The predicted molar refractivity (Wildman–Crippen MR) is 50.3 cm³/mol. The Bertz CT molecular complexity index is 435. The highest BCUT2D eigenvalue weighted by molar-refractivity contribution is 5.05. The van der Waals surface area contributed by atoms with Crippen molar-refractivity contribution in [1.29, 1.82) is 0 Å². The van der Waals surface area contributed by atoms with E-state index in [2.05, 4.69) is 5.10 Å². The summed E-state index contributed by atoms with van der Waals surface area (Å²) in [5.41, 5.74) is 0.115. The van der Waals surface area contributed by atoms with Crippen LogP contribution in [0.15, 0.2) is 0 Å². The molecule has 17 heavy (non-hydrogen) atoms. The second kappa shape index (κ2) is 3.05. The van der Waals surface area contributed by atoms with Crippen molar-refractivity contribution in [2.75, 3.05) is 13.1 Å². The lowest BCUT2D eigenvalue weighted by atomic mass is 9.61. The largest absolute Gasteiger partial charge is 0.453 e. The van der Waals surface area contributed by atoms with Gasteiger partial charge in [0.25, 0.3) is 5.82 Å². The first-order valence-corrected chi connectivity index (χ1v) is 5.43. The second-order valence-electron chi connectivity index (χ2n) is 5.15. The fraction of sp³-hybridized carbons (Fsp3) is 0.889. The minimum Gasteiger partial charge on any atom is -0.314 e. The first-order chi connectivity index (χ1) is 7.81. The summed E-state index contributed by atoms with van der Waals surface area (Å²) in [5.74, 6) is -0.837. The normalized spacial score (nSPS) is 25.0. The average Bonchev–Trinajstić information content (AvgIpc) is 2.07. The van der Waals surface area contributed by atoms with E-state index in [-0.39, 0.29) is 11.5 Å². The molecule has 1 aromatic heterocycles. The quantitative estimate of drug-likeness (QED) is 0.816. The minimum absolute atomic E-state index is 0.0415. The van der Waals surface area contributed by atoms with Crippen LogP contribution < -0.4 is 0 Å². The third kappa shape index (κ3) is 1.50. The third-order valence-electron chi connectivity index (χ3n) is 3.76. The SMILES string of the molecule is Cn1c(C(F)(F)F)nn1C1CC2(C1)CN(O)C2. The van der Waals surface area contributed by atoms with Crippen LogP contribution in [0.25, 0.3) is 0 Å². The molecule has 1 saturated heterocycles. The molecule has 2 heterocycles. The molecule has 0 radical (unpaired) electrons. The molecule has 1 aromatic rings. The molecule has 0 unspecified atom stereocenters. The number of nitrogens with zero attached hydrogens (tertiary/aromatic N) is 4. The molecule has 1 spiro atoms. The van der Waals surface area contributed by atoms with Crippen molar-refractivity contribution in [3.8, 4) is 0 Å². The summed E-state index contributed by atoms with van der Waals surface area (Å²) in [7, 11) is 1.37. The van der Waals surface area contributed by atoms with Crippen molar-refractivity contribution in [3.63, 3.8) is 0 Å². The lowest BCUT2D eigenvalue weighted by Crippen LogP contribution is -2.62. The number of hydrogen-bond acceptors (Lipinski definition) is 3. The standard InChI is InChI=1S/C9H13F3N4O/c1-14-7(9(10,11)12)13-16(14)6-2-8(3-6)4-15(17)5-8/h6,17H,2-5H2,1H3. The summed E-state index contributed by atoms with van der Waals surface area (Å²) in [5, 5.41) is 13.8. The zero-order valence-electron chi connectivity index (χ0n) is 9.28. The van der Waals surface area contributed by atoms with Gasteiger partial charge < -0.3 is 5.21 Å². The van der Waals surface area contributed by atoms with Gasteiger partial charge in [0, 0.05) is 25.6 Å². The Morgan fingerprint density at radius 1 is 1.35 bits per heavy atom. The Labute approximate surface area is 95.3 Å². The van der Waals surface area contributed by atoms with E-state index in [1.165, 1.54) is 16.9 Å². The summed E-state index contributed by atoms with van der Waals surface area (Å²) >= 11 is 0. The fourth-order valence-electron chi connectivity index (χ4n) is 2.94. The van der Waals surface area contributed by atoms with Gasteiger partial charge in [-0.2, -0.15) is 23.0 Å². The smallest absolute Gasteiger partial charge is 0.314 e. The Kier molecular flexibility index (Phi) is 1.99. The van der Waals surface area contributed by atoms with Crippen molar-refractivity contribution in [3.05, 3.63) is 5.82 Å². The van der Waals surface area contributed by atoms with Gasteiger partial charge in [-0.3, -0.25) is 0 Å². The predicted octanol–water partition coefficient (Wildman–Crippen LogP) is 1.27. The summed E-state index contributed by atoms with van der Waals surface area (Å²) < 4.78 is 38.1. The van der Waals surface area contributed by atoms with Gasteiger partial charge in [0.1, 0.15) is 0 Å². The van der Waals surface area contributed by atoms with Gasteiger partial charge in [0.15, 0.2) is 0 Å². The van der Waals surface area contributed by atoms with E-state index in [9.17, 15) is 13.2 Å². The van der Waals surface area contributed by atoms with E-state index >= 15 is 0 Å². The van der Waals surface area contributed by atoms with Crippen LogP contribution in [0.5, 0.6) is 0 Å². The van der Waals surface area contributed by atoms with Crippen molar-refractivity contribution in [1.82, 2.24) is 19.6 Å². The molecular formula is C9H13F3N4O. The third-order valence-corrected chi connectivity index (χ3v) is 3.76. The monoisotopic (exact) mass is 250 g/mol. The van der Waals surface area contributed by atoms with E-state index in [0.717, 1.165) is 17.5 Å². The molecule has 1 N–H and O–H groups in total. The van der Waals surface area contributed by atoms with Crippen LogP contribution in [0.4, 0.5) is 13.2 Å². The zero-order valence-corrected chi connectivity index (χ0v) is 9.28. The summed E-state index contributed by atoms with van der Waals surface area (Å²) in [6.07, 6.45) is -2.78. The Morgan fingerprint density at radius 3 is 2.35 bits per heavy atom. The molecule has 0 amide bonds. The number of rotatable bonds is 1. The number of halogens is 3. The molecule has 96 valence electrons. The van der Waals surface area contributed by atoms with Gasteiger partial charge in [-0.15, -0.1) is 5.10 Å². The Hall–Kier alpha value is -1.02. The number of hydroxylamine groups is 2. The van der Waals surface area contributed by atoms with E-state index in [4.69, 9.17) is 5.21 Å². The van der Waals surface area contributed by atoms with Crippen molar-refractivity contribution < 1.29 is 18.4 Å². The van der Waals surface area contributed by atoms with Gasteiger partial charge in [-0.05, 0) is 12.8 Å². The lowest BCUT2D eigenvalue weighted by molar-refractivity contribution is -0.243. The van der Waals surface area contributed by atoms with Crippen LogP contribution in [0.3, 0.4) is 0 Å². The maximum Gasteiger partial charge on any atom is 0.453 e. The molecule has 0 atom stereocenters. The van der Waals surface area contributed by atoms with Gasteiger partial charge in [0.05, 0.1) is 6.04 Å². The molecule has 1 aliphatic carbocycles. The van der Waals surface area contributed by atoms with Crippen molar-refractivity contribution in [2.24, 2.45) is 12.5 Å². The maximum atomic E-state index is 12.4. The van der Waals surface area contributed by atoms with Gasteiger partial charge >= 0.3 is 6.18 Å². The molecule has 0 bridgehead atoms. The summed E-state index contributed by atoms with van der Waals surface area (Å²) in [4.78, 5) is 1.40. The molecule has 8 heteroatoms. The first kappa shape index (κ1) is 11.1. The van der Waals surface area contributed by atoms with Gasteiger partial charge in [-0.25, -0.2) is 4.68 Å². The minimum atomic E-state index is -4.37. The van der Waals surface area contributed by atoms with Crippen LogP contribution in [-0.2, 0) is 13.2 Å². The van der Waals surface area contributed by atoms with E-state index < -0.39 is 12.0 Å². The molecule has 1 saturated carbocycles. The first-order valence-electron chi connectivity index (χ1n) is 5.43. The fourth-order valence-corrected chi connectivity index (χ4v) is 2.94. The average molecular weight is 250 g/mol. The topological polar surface area (TPSA) is 46.2 Å². The van der Waals surface area contributed by atoms with Crippen LogP contribution in [0, 0.1) is 5.41 Å². The Balaban J connectivity index is 1.65. The summed E-state index contributed by atoms with van der Waals surface area (Å²) in [6.45, 7) is 1.24. The second-order valence-corrected chi connectivity index (χ2v) is 5.15. The molecule has 1 aliphatic heterocycles. The van der Waals surface area contributed by atoms with Crippen LogP contribution in [-0.4, -0.2) is 37.9 Å². The molecule has 5 nitrogen and oxygen atoms in total. The molecule has 3 rings (SSSR count). The van der Waals surface area contributed by atoms with E-state index in [0.29, 0.717) is 13.1 Å². The van der Waals surface area contributed by atoms with Crippen molar-refractivity contribution in [2.45, 2.75) is 25.1 Å². The zero-order chi connectivity index (χ0) is 12.4. The van der Waals surface area contributed by atoms with Crippen LogP contribution in [0.2, 0.25) is 0 Å². The highest BCUT2D eigenvalue weighted by Crippen LogP contribution is 2.53. The number of hydrogen-bond donors (Lipinski definition) is 1. The van der Waals surface area contributed by atoms with E-state index in [1.54, 1.807) is 0 Å². The summed E-state index contributed by atoms with van der Waals surface area (Å²) in [6, 6.07) is 0.0415. The lowest BCUT2D eigenvalue weighted by Gasteiger charge is -2.57. The van der Waals surface area contributed by atoms with Gasteiger partial charge in [-0.1, -0.05) is 0 Å². The number of aromatic nitrogens is 3. The molecule has 2 fully saturated rings. The van der Waals surface area contributed by atoms with Crippen LogP contribution in [0.1, 0.15) is 24.7 Å². The van der Waals surface area contributed by atoms with Gasteiger partial charge in [0.2, 0.25) is 0 Å². The Morgan fingerprint density at radius 2 is 1.94 bits per heavy atom. The number of alkyl halides is 3. The molecule has 2 aliphatic rings. The molecular weight excluding hydrogens is 237 g/mol. The van der Waals surface area contributed by atoms with Crippen LogP contribution >= 0.6 is 0 Å². The maximum absolute atomic E-state index is 12.4. The highest BCUT2D eigenvalue weighted by Gasteiger charge is 2.54. The molecule has 0 aromatic carbocycles. The highest BCUT2D eigenvalue weighted by atomic mass is 19.4.